The fourth-order valence-corrected chi connectivity index (χ4v) is 3.84. The zero-order chi connectivity index (χ0) is 18.4. The minimum Gasteiger partial charge on any atom is -0.464 e. The number of hydrogen-bond donors (Lipinski definition) is 0. The average Bonchev–Trinajstić information content (AvgIpc) is 3.14. The predicted molar refractivity (Wildman–Crippen MR) is 103 cm³/mol. The highest BCUT2D eigenvalue weighted by atomic mass is 19.1. The second-order valence-electron chi connectivity index (χ2n) is 7.04. The topological polar surface area (TPSA) is 24.8 Å². The highest BCUT2D eigenvalue weighted by molar-refractivity contribution is 6.02. The van der Waals surface area contributed by atoms with Crippen LogP contribution in [0.15, 0.2) is 77.9 Å². The number of benzene rings is 3. The predicted octanol–water partition coefficient (Wildman–Crippen LogP) is 5.38. The molecule has 2 atom stereocenters. The molecule has 0 fully saturated rings. The summed E-state index contributed by atoms with van der Waals surface area (Å²) >= 11 is 0. The molecule has 0 aliphatic carbocycles. The summed E-state index contributed by atoms with van der Waals surface area (Å²) in [6, 6.07) is 23.1. The van der Waals surface area contributed by atoms with Crippen molar-refractivity contribution >= 4 is 5.71 Å². The molecule has 3 aromatic carbocycles. The Bertz CT molecular complexity index is 1030. The Hall–Kier alpha value is -3.14. The summed E-state index contributed by atoms with van der Waals surface area (Å²) in [6.45, 7) is 2.07. The Morgan fingerprint density at radius 2 is 1.63 bits per heavy atom. The molecule has 0 saturated heterocycles. The number of hydrogen-bond acceptors (Lipinski definition) is 3. The second kappa shape index (κ2) is 6.23. The van der Waals surface area contributed by atoms with Gasteiger partial charge in [0.1, 0.15) is 11.6 Å². The molecule has 0 spiro atoms. The molecule has 0 amide bonds. The van der Waals surface area contributed by atoms with E-state index < -0.39 is 6.23 Å². The van der Waals surface area contributed by atoms with Crippen LogP contribution < -0.4 is 4.74 Å². The third kappa shape index (κ3) is 2.69. The van der Waals surface area contributed by atoms with Gasteiger partial charge < -0.3 is 4.74 Å². The lowest BCUT2D eigenvalue weighted by atomic mass is 9.95. The Balaban J connectivity index is 1.61. The van der Waals surface area contributed by atoms with Crippen LogP contribution in [-0.4, -0.2) is 10.7 Å². The highest BCUT2D eigenvalue weighted by Crippen LogP contribution is 2.47. The third-order valence-corrected chi connectivity index (χ3v) is 5.26. The van der Waals surface area contributed by atoms with Crippen LogP contribution in [0.5, 0.6) is 5.75 Å². The molecule has 5 rings (SSSR count). The van der Waals surface area contributed by atoms with Gasteiger partial charge in [0.25, 0.3) is 0 Å². The van der Waals surface area contributed by atoms with Crippen LogP contribution in [0.3, 0.4) is 0 Å². The molecule has 27 heavy (non-hydrogen) atoms. The Kier molecular flexibility index (Phi) is 3.71. The molecule has 4 heteroatoms. The van der Waals surface area contributed by atoms with Crippen LogP contribution in [0, 0.1) is 12.7 Å². The van der Waals surface area contributed by atoms with E-state index in [-0.39, 0.29) is 11.9 Å². The SMILES string of the molecule is Cc1ccc(C2=NN3C(C2)c2ccccc2OC3c2ccccc2F)cc1. The Morgan fingerprint density at radius 3 is 2.41 bits per heavy atom. The quantitative estimate of drug-likeness (QED) is 0.615. The number of halogens is 1. The van der Waals surface area contributed by atoms with Crippen LogP contribution in [0.4, 0.5) is 4.39 Å². The van der Waals surface area contributed by atoms with Gasteiger partial charge in [0.2, 0.25) is 6.23 Å². The monoisotopic (exact) mass is 358 g/mol. The average molecular weight is 358 g/mol. The third-order valence-electron chi connectivity index (χ3n) is 5.26. The molecule has 3 aromatic rings. The molecule has 0 aromatic heterocycles. The largest absolute Gasteiger partial charge is 0.464 e. The van der Waals surface area contributed by atoms with E-state index in [0.29, 0.717) is 5.56 Å². The number of nitrogens with zero attached hydrogens (tertiary/aromatic N) is 2. The number of ether oxygens (including phenoxy) is 1. The van der Waals surface area contributed by atoms with Crippen LogP contribution >= 0.6 is 0 Å². The van der Waals surface area contributed by atoms with Crippen LogP contribution in [0.2, 0.25) is 0 Å². The Labute approximate surface area is 157 Å². The van der Waals surface area contributed by atoms with Gasteiger partial charge in [-0.25, -0.2) is 9.40 Å². The maximum Gasteiger partial charge on any atom is 0.216 e. The standard InChI is InChI=1S/C23H19FN2O/c1-15-10-12-16(13-11-15)20-14-21-18-7-3-5-9-22(18)27-23(26(21)25-20)17-6-2-4-8-19(17)24/h2-13,21,23H,14H2,1H3. The fourth-order valence-electron chi connectivity index (χ4n) is 3.84. The van der Waals surface area contributed by atoms with Crippen molar-refractivity contribution in [3.63, 3.8) is 0 Å². The molecule has 2 aliphatic heterocycles. The van der Waals surface area contributed by atoms with E-state index in [1.54, 1.807) is 12.1 Å². The number of aryl methyl sites for hydroxylation is 1. The molecule has 2 aliphatic rings. The summed E-state index contributed by atoms with van der Waals surface area (Å²) in [4.78, 5) is 0. The molecule has 2 unspecified atom stereocenters. The van der Waals surface area contributed by atoms with Crippen LogP contribution in [0.25, 0.3) is 0 Å². The molecular formula is C23H19FN2O. The van der Waals surface area contributed by atoms with Crippen molar-refractivity contribution in [3.05, 3.63) is 101 Å². The summed E-state index contributed by atoms with van der Waals surface area (Å²) < 4.78 is 20.7. The molecular weight excluding hydrogens is 339 g/mol. The van der Waals surface area contributed by atoms with Crippen molar-refractivity contribution in [1.29, 1.82) is 0 Å². The van der Waals surface area contributed by atoms with Gasteiger partial charge in [-0.2, -0.15) is 5.10 Å². The first-order valence-corrected chi connectivity index (χ1v) is 9.13. The molecule has 134 valence electrons. The van der Waals surface area contributed by atoms with Gasteiger partial charge in [-0.05, 0) is 24.6 Å². The number of fused-ring (bicyclic) bond motifs is 3. The van der Waals surface area contributed by atoms with E-state index in [2.05, 4.69) is 37.3 Å². The molecule has 0 bridgehead atoms. The molecule has 0 radical (unpaired) electrons. The van der Waals surface area contributed by atoms with E-state index in [0.717, 1.165) is 29.0 Å². The molecule has 0 N–H and O–H groups in total. The first-order chi connectivity index (χ1) is 13.2. The first-order valence-electron chi connectivity index (χ1n) is 9.13. The van der Waals surface area contributed by atoms with E-state index in [1.807, 2.05) is 29.3 Å². The van der Waals surface area contributed by atoms with E-state index in [4.69, 9.17) is 9.84 Å². The lowest BCUT2D eigenvalue weighted by molar-refractivity contribution is -0.0212. The minimum atomic E-state index is -0.575. The molecule has 3 nitrogen and oxygen atoms in total. The summed E-state index contributed by atoms with van der Waals surface area (Å²) in [5, 5.41) is 6.78. The highest BCUT2D eigenvalue weighted by Gasteiger charge is 2.41. The summed E-state index contributed by atoms with van der Waals surface area (Å²) in [5.74, 6) is 0.520. The zero-order valence-corrected chi connectivity index (χ0v) is 15.0. The van der Waals surface area contributed by atoms with Gasteiger partial charge >= 0.3 is 0 Å². The van der Waals surface area contributed by atoms with Crippen molar-refractivity contribution in [2.75, 3.05) is 0 Å². The van der Waals surface area contributed by atoms with E-state index in [1.165, 1.54) is 11.6 Å². The number of hydrazone groups is 1. The fraction of sp³-hybridized carbons (Fsp3) is 0.174. The van der Waals surface area contributed by atoms with Gasteiger partial charge in [0, 0.05) is 12.0 Å². The van der Waals surface area contributed by atoms with Crippen molar-refractivity contribution in [1.82, 2.24) is 5.01 Å². The lowest BCUT2D eigenvalue weighted by Crippen LogP contribution is -2.34. The smallest absolute Gasteiger partial charge is 0.216 e. The lowest BCUT2D eigenvalue weighted by Gasteiger charge is -2.38. The van der Waals surface area contributed by atoms with Gasteiger partial charge in [-0.15, -0.1) is 0 Å². The van der Waals surface area contributed by atoms with E-state index in [9.17, 15) is 4.39 Å². The molecule has 0 saturated carbocycles. The Morgan fingerprint density at radius 1 is 0.926 bits per heavy atom. The van der Waals surface area contributed by atoms with Gasteiger partial charge in [0.15, 0.2) is 0 Å². The van der Waals surface area contributed by atoms with Gasteiger partial charge in [-0.3, -0.25) is 0 Å². The van der Waals surface area contributed by atoms with Crippen LogP contribution in [0.1, 0.15) is 40.9 Å². The summed E-state index contributed by atoms with van der Waals surface area (Å²) in [5.41, 5.74) is 4.91. The first kappa shape index (κ1) is 16.1. The van der Waals surface area contributed by atoms with Crippen LogP contribution in [-0.2, 0) is 0 Å². The normalized spacial score (nSPS) is 20.5. The van der Waals surface area contributed by atoms with Crippen molar-refractivity contribution in [2.24, 2.45) is 5.10 Å². The summed E-state index contributed by atoms with van der Waals surface area (Å²) in [6.07, 6.45) is 0.197. The maximum absolute atomic E-state index is 14.5. The van der Waals surface area contributed by atoms with Crippen molar-refractivity contribution in [3.8, 4) is 5.75 Å². The molecule has 2 heterocycles. The van der Waals surface area contributed by atoms with Crippen molar-refractivity contribution in [2.45, 2.75) is 25.6 Å². The number of rotatable bonds is 2. The van der Waals surface area contributed by atoms with Crippen molar-refractivity contribution < 1.29 is 9.13 Å². The van der Waals surface area contributed by atoms with Gasteiger partial charge in [-0.1, -0.05) is 66.2 Å². The maximum atomic E-state index is 14.5. The zero-order valence-electron chi connectivity index (χ0n) is 15.0. The van der Waals surface area contributed by atoms with E-state index >= 15 is 0 Å². The summed E-state index contributed by atoms with van der Waals surface area (Å²) in [7, 11) is 0. The minimum absolute atomic E-state index is 0.0378. The number of para-hydroxylation sites is 1. The second-order valence-corrected chi connectivity index (χ2v) is 7.04. The van der Waals surface area contributed by atoms with Gasteiger partial charge in [0.05, 0.1) is 17.3 Å².